The summed E-state index contributed by atoms with van der Waals surface area (Å²) in [5.74, 6) is 1.34. The number of benzene rings is 2. The molecule has 2 aromatic carbocycles. The van der Waals surface area contributed by atoms with Gasteiger partial charge in [0, 0.05) is 37.1 Å². The van der Waals surface area contributed by atoms with Crippen LogP contribution in [0.1, 0.15) is 42.3 Å². The van der Waals surface area contributed by atoms with Gasteiger partial charge in [-0.1, -0.05) is 18.2 Å². The van der Waals surface area contributed by atoms with E-state index in [1.54, 1.807) is 0 Å². The number of carbonyl (C=O) groups excluding carboxylic acids is 1. The first-order valence-corrected chi connectivity index (χ1v) is 11.3. The van der Waals surface area contributed by atoms with E-state index < -0.39 is 8.15 Å². The largest absolute Gasteiger partial charge is 0.494 e. The topological polar surface area (TPSA) is 54.0 Å². The van der Waals surface area contributed by atoms with Crippen LogP contribution in [0.5, 0.6) is 11.5 Å². The summed E-state index contributed by atoms with van der Waals surface area (Å²) in [5.41, 5.74) is 2.59. The van der Waals surface area contributed by atoms with Crippen LogP contribution in [0, 0.1) is 13.8 Å². The summed E-state index contributed by atoms with van der Waals surface area (Å²) in [4.78, 5) is 13.6. The standard InChI is InChI=1S/C23H31O5P.Li/c1-6-25-14-15-28-29(23(24)22-17(4)10-9-11-18(22)5)21-13-12-19(26-7-2)16-20(21)27-8-3;/h9-13,16H,6-8,14-15H2,1-5H3;. The zero-order chi connectivity index (χ0) is 21.2. The number of hydrogen-bond donors (Lipinski definition) is 0. The minimum Gasteiger partial charge on any atom is -0.494 e. The van der Waals surface area contributed by atoms with Crippen LogP contribution in [0.25, 0.3) is 0 Å². The van der Waals surface area contributed by atoms with Crippen molar-refractivity contribution in [3.05, 3.63) is 53.1 Å². The summed E-state index contributed by atoms with van der Waals surface area (Å²) in [5, 5.41) is 0.759. The Labute approximate surface area is 193 Å². The Bertz CT molecular complexity index is 792. The Balaban J connectivity index is 0.00000450. The van der Waals surface area contributed by atoms with E-state index in [9.17, 15) is 4.79 Å². The van der Waals surface area contributed by atoms with Crippen molar-refractivity contribution in [2.75, 3.05) is 33.0 Å². The molecule has 0 bridgehead atoms. The average molecular weight is 425 g/mol. The summed E-state index contributed by atoms with van der Waals surface area (Å²) in [6.45, 7) is 12.1. The third kappa shape index (κ3) is 7.12. The second-order valence-electron chi connectivity index (χ2n) is 6.39. The monoisotopic (exact) mass is 425 g/mol. The minimum atomic E-state index is -1.60. The van der Waals surface area contributed by atoms with Crippen molar-refractivity contribution in [1.82, 2.24) is 0 Å². The van der Waals surface area contributed by atoms with Gasteiger partial charge >= 0.3 is 0 Å². The molecule has 159 valence electrons. The zero-order valence-electron chi connectivity index (χ0n) is 19.0. The zero-order valence-corrected chi connectivity index (χ0v) is 19.9. The second-order valence-corrected chi connectivity index (χ2v) is 8.13. The van der Waals surface area contributed by atoms with Gasteiger partial charge in [0.25, 0.3) is 0 Å². The molecule has 1 radical (unpaired) electrons. The first-order chi connectivity index (χ1) is 14.0. The van der Waals surface area contributed by atoms with Crippen LogP contribution in [0.4, 0.5) is 0 Å². The molecule has 2 rings (SSSR count). The predicted molar refractivity (Wildman–Crippen MR) is 124 cm³/mol. The molecule has 0 saturated heterocycles. The van der Waals surface area contributed by atoms with Crippen LogP contribution in [0.15, 0.2) is 36.4 Å². The predicted octanol–water partition coefficient (Wildman–Crippen LogP) is 4.64. The van der Waals surface area contributed by atoms with Crippen molar-refractivity contribution >= 4 is 37.8 Å². The Morgan fingerprint density at radius 2 is 1.57 bits per heavy atom. The van der Waals surface area contributed by atoms with Gasteiger partial charge in [0.1, 0.15) is 19.6 Å². The molecule has 0 spiro atoms. The number of carbonyl (C=O) groups is 1. The Morgan fingerprint density at radius 1 is 0.900 bits per heavy atom. The van der Waals surface area contributed by atoms with E-state index in [1.807, 2.05) is 71.0 Å². The van der Waals surface area contributed by atoms with Crippen LogP contribution in [-0.2, 0) is 9.26 Å². The van der Waals surface area contributed by atoms with Crippen LogP contribution in [0.3, 0.4) is 0 Å². The second kappa shape index (κ2) is 13.9. The molecule has 0 N–H and O–H groups in total. The van der Waals surface area contributed by atoms with E-state index in [0.717, 1.165) is 16.4 Å². The van der Waals surface area contributed by atoms with Gasteiger partial charge in [-0.25, -0.2) is 0 Å². The molecule has 2 aromatic rings. The molecular formula is C23H31LiO5P. The molecule has 0 saturated carbocycles. The van der Waals surface area contributed by atoms with Gasteiger partial charge in [-0.05, 0) is 57.9 Å². The first-order valence-electron chi connectivity index (χ1n) is 10.0. The van der Waals surface area contributed by atoms with E-state index >= 15 is 0 Å². The Morgan fingerprint density at radius 3 is 2.17 bits per heavy atom. The summed E-state index contributed by atoms with van der Waals surface area (Å²) in [6.07, 6.45) is 0. The normalized spacial score (nSPS) is 11.5. The van der Waals surface area contributed by atoms with E-state index in [0.29, 0.717) is 50.1 Å². The van der Waals surface area contributed by atoms with Gasteiger partial charge in [-0.15, -0.1) is 0 Å². The molecule has 7 heteroatoms. The summed E-state index contributed by atoms with van der Waals surface area (Å²) >= 11 is 0. The molecule has 0 aliphatic carbocycles. The SMILES string of the molecule is CCOCCOP(C(=O)c1c(C)cccc1C)c1ccc(OCC)cc1OCC.[Li]. The van der Waals surface area contributed by atoms with Gasteiger partial charge in [0.15, 0.2) is 0 Å². The van der Waals surface area contributed by atoms with Crippen molar-refractivity contribution in [1.29, 1.82) is 0 Å². The van der Waals surface area contributed by atoms with E-state index in [1.165, 1.54) is 0 Å². The van der Waals surface area contributed by atoms with Crippen molar-refractivity contribution in [3.63, 3.8) is 0 Å². The molecule has 0 aliphatic rings. The molecule has 0 aromatic heterocycles. The van der Waals surface area contributed by atoms with Crippen LogP contribution in [0.2, 0.25) is 0 Å². The summed E-state index contributed by atoms with van der Waals surface area (Å²) < 4.78 is 23.0. The fraction of sp³-hybridized carbons (Fsp3) is 0.435. The maximum absolute atomic E-state index is 13.6. The molecule has 5 nitrogen and oxygen atoms in total. The molecule has 30 heavy (non-hydrogen) atoms. The van der Waals surface area contributed by atoms with Gasteiger partial charge in [0.2, 0.25) is 5.52 Å². The fourth-order valence-corrected chi connectivity index (χ4v) is 4.84. The van der Waals surface area contributed by atoms with Gasteiger partial charge in [-0.2, -0.15) is 0 Å². The number of aryl methyl sites for hydroxylation is 2. The molecule has 0 fully saturated rings. The van der Waals surface area contributed by atoms with Crippen molar-refractivity contribution in [3.8, 4) is 11.5 Å². The minimum absolute atomic E-state index is 0. The third-order valence-electron chi connectivity index (χ3n) is 4.29. The van der Waals surface area contributed by atoms with Crippen molar-refractivity contribution in [2.24, 2.45) is 0 Å². The maximum atomic E-state index is 13.6. The fourth-order valence-electron chi connectivity index (χ4n) is 3.01. The number of hydrogen-bond acceptors (Lipinski definition) is 5. The molecule has 1 atom stereocenters. The van der Waals surface area contributed by atoms with Crippen LogP contribution >= 0.6 is 8.15 Å². The number of ether oxygens (including phenoxy) is 3. The van der Waals surface area contributed by atoms with Crippen LogP contribution < -0.4 is 14.8 Å². The smallest absolute Gasteiger partial charge is 0.216 e. The van der Waals surface area contributed by atoms with E-state index in [2.05, 4.69) is 0 Å². The quantitative estimate of drug-likeness (QED) is 0.282. The Kier molecular flexibility index (Phi) is 12.3. The molecule has 0 aliphatic heterocycles. The average Bonchev–Trinajstić information content (AvgIpc) is 2.69. The van der Waals surface area contributed by atoms with Crippen molar-refractivity contribution < 1.29 is 23.5 Å². The van der Waals surface area contributed by atoms with E-state index in [-0.39, 0.29) is 24.4 Å². The van der Waals surface area contributed by atoms with Gasteiger partial charge < -0.3 is 18.7 Å². The number of rotatable bonds is 12. The third-order valence-corrected chi connectivity index (χ3v) is 6.13. The Hall–Kier alpha value is -1.34. The first kappa shape index (κ1) is 26.7. The summed E-state index contributed by atoms with van der Waals surface area (Å²) in [6, 6.07) is 11.4. The molecular weight excluding hydrogens is 394 g/mol. The van der Waals surface area contributed by atoms with E-state index in [4.69, 9.17) is 18.7 Å². The van der Waals surface area contributed by atoms with Gasteiger partial charge in [0.05, 0.1) is 31.7 Å². The van der Waals surface area contributed by atoms with Gasteiger partial charge in [-0.3, -0.25) is 4.79 Å². The van der Waals surface area contributed by atoms with Crippen LogP contribution in [-0.4, -0.2) is 57.4 Å². The molecule has 0 heterocycles. The van der Waals surface area contributed by atoms with Crippen molar-refractivity contribution in [2.45, 2.75) is 34.6 Å². The molecule has 0 amide bonds. The summed E-state index contributed by atoms with van der Waals surface area (Å²) in [7, 11) is -1.60. The maximum Gasteiger partial charge on any atom is 0.216 e. The molecule has 1 unspecified atom stereocenters.